The monoisotopic (exact) mass is 492 g/mol. The van der Waals surface area contributed by atoms with Crippen molar-refractivity contribution >= 4 is 37.8 Å². The number of hydrogen-bond donors (Lipinski definition) is 0. The highest BCUT2D eigenvalue weighted by atomic mass is 32.2. The normalized spacial score (nSPS) is 15.7. The molecule has 1 aliphatic heterocycles. The van der Waals surface area contributed by atoms with Crippen LogP contribution in [0.3, 0.4) is 0 Å². The van der Waals surface area contributed by atoms with Gasteiger partial charge in [0.15, 0.2) is 4.91 Å². The summed E-state index contributed by atoms with van der Waals surface area (Å²) in [5, 5.41) is 11.7. The largest absolute Gasteiger partial charge is 0.433 e. The Bertz CT molecular complexity index is 1350. The lowest BCUT2D eigenvalue weighted by Gasteiger charge is -2.36. The quantitative estimate of drug-likeness (QED) is 0.496. The van der Waals surface area contributed by atoms with Crippen LogP contribution in [0.5, 0.6) is 0 Å². The molecule has 33 heavy (non-hydrogen) atoms. The summed E-state index contributed by atoms with van der Waals surface area (Å²) in [6.07, 6.45) is -3.25. The molecule has 0 unspecified atom stereocenters. The van der Waals surface area contributed by atoms with E-state index in [9.17, 15) is 26.9 Å². The third kappa shape index (κ3) is 4.67. The number of nitrogens with zero attached hydrogens (tertiary/aromatic N) is 4. The molecular formula is C22H19F3N4O2S2. The predicted molar refractivity (Wildman–Crippen MR) is 120 cm³/mol. The summed E-state index contributed by atoms with van der Waals surface area (Å²) >= 11 is 1.03. The number of thiophene rings is 1. The van der Waals surface area contributed by atoms with Crippen LogP contribution < -0.4 is 4.90 Å². The highest BCUT2D eigenvalue weighted by molar-refractivity contribution is 7.97. The van der Waals surface area contributed by atoms with Crippen LogP contribution in [0.25, 0.3) is 10.9 Å². The number of piperazine rings is 1. The van der Waals surface area contributed by atoms with Crippen molar-refractivity contribution in [3.8, 4) is 6.07 Å². The van der Waals surface area contributed by atoms with Crippen LogP contribution in [0.4, 0.5) is 18.9 Å². The third-order valence-electron chi connectivity index (χ3n) is 5.35. The van der Waals surface area contributed by atoms with Crippen LogP contribution in [0.15, 0.2) is 57.1 Å². The topological polar surface area (TPSA) is 77.3 Å². The number of sulfone groups is 1. The Labute approximate surface area is 193 Å². The summed E-state index contributed by atoms with van der Waals surface area (Å²) in [5.41, 5.74) is 0.655. The van der Waals surface area contributed by atoms with Crippen LogP contribution in [-0.2, 0) is 16.0 Å². The first-order chi connectivity index (χ1) is 15.6. The summed E-state index contributed by atoms with van der Waals surface area (Å²) in [5.74, 6) is 0. The zero-order chi connectivity index (χ0) is 23.8. The number of benzene rings is 1. The molecule has 6 nitrogen and oxygen atoms in total. The molecule has 0 saturated carbocycles. The van der Waals surface area contributed by atoms with Gasteiger partial charge in [0.05, 0.1) is 5.52 Å². The van der Waals surface area contributed by atoms with E-state index in [1.807, 2.05) is 17.9 Å². The average molecular weight is 493 g/mol. The Morgan fingerprint density at radius 3 is 2.52 bits per heavy atom. The fourth-order valence-electron chi connectivity index (χ4n) is 3.67. The number of fused-ring (bicyclic) bond motifs is 1. The van der Waals surface area contributed by atoms with Crippen molar-refractivity contribution in [3.05, 3.63) is 64.1 Å². The summed E-state index contributed by atoms with van der Waals surface area (Å²) in [6, 6.07) is 11.0. The first-order valence-electron chi connectivity index (χ1n) is 9.98. The highest BCUT2D eigenvalue weighted by Gasteiger charge is 2.34. The molecule has 2 aromatic heterocycles. The number of halogens is 3. The first kappa shape index (κ1) is 23.1. The molecule has 172 valence electrons. The van der Waals surface area contributed by atoms with Gasteiger partial charge in [-0.1, -0.05) is 17.7 Å². The van der Waals surface area contributed by atoms with Gasteiger partial charge in [-0.15, -0.1) is 11.3 Å². The van der Waals surface area contributed by atoms with E-state index in [1.165, 1.54) is 12.3 Å². The molecule has 1 aliphatic rings. The van der Waals surface area contributed by atoms with Gasteiger partial charge in [-0.05, 0) is 36.6 Å². The minimum absolute atomic E-state index is 0.0900. The number of allylic oxidation sites excluding steroid dienone is 1. The van der Waals surface area contributed by atoms with Gasteiger partial charge in [-0.2, -0.15) is 18.4 Å². The van der Waals surface area contributed by atoms with Gasteiger partial charge >= 0.3 is 6.18 Å². The Balaban J connectivity index is 1.61. The van der Waals surface area contributed by atoms with Crippen LogP contribution in [0, 0.1) is 18.3 Å². The molecule has 0 atom stereocenters. The molecular weight excluding hydrogens is 473 g/mol. The molecule has 1 fully saturated rings. The molecule has 1 saturated heterocycles. The van der Waals surface area contributed by atoms with Crippen LogP contribution in [0.1, 0.15) is 11.3 Å². The van der Waals surface area contributed by atoms with E-state index in [-0.39, 0.29) is 14.6 Å². The van der Waals surface area contributed by atoms with E-state index in [2.05, 4.69) is 4.98 Å². The lowest BCUT2D eigenvalue weighted by atomic mass is 10.1. The molecule has 1 aromatic carbocycles. The molecule has 3 heterocycles. The second-order valence-corrected chi connectivity index (χ2v) is 10.7. The van der Waals surface area contributed by atoms with E-state index in [0.717, 1.165) is 23.0 Å². The number of aryl methyl sites for hydroxylation is 1. The molecule has 0 N–H and O–H groups in total. The molecule has 3 aromatic rings. The van der Waals surface area contributed by atoms with Crippen molar-refractivity contribution in [2.75, 3.05) is 31.1 Å². The Hall–Kier alpha value is -3.10. The lowest BCUT2D eigenvalue weighted by Crippen LogP contribution is -2.44. The molecule has 4 rings (SSSR count). The number of aromatic nitrogens is 1. The van der Waals surface area contributed by atoms with Gasteiger partial charge in [0.1, 0.15) is 16.0 Å². The Morgan fingerprint density at radius 2 is 1.91 bits per heavy atom. The standard InChI is InChI=1S/C22H19F3N4O2S2/c1-15-4-5-18-17(11-15)19(12-20(27-18)22(23,24)25)29-8-6-28(7-9-29)14-16(13-26)33(30,31)21-3-2-10-32-21/h2-5,10-12,14H,6-9H2,1H3. The summed E-state index contributed by atoms with van der Waals surface area (Å²) in [6.45, 7) is 3.28. The maximum absolute atomic E-state index is 13.4. The van der Waals surface area contributed by atoms with Crippen molar-refractivity contribution in [2.24, 2.45) is 0 Å². The molecule has 0 bridgehead atoms. The van der Waals surface area contributed by atoms with Crippen molar-refractivity contribution < 1.29 is 21.6 Å². The molecule has 0 amide bonds. The van der Waals surface area contributed by atoms with Crippen molar-refractivity contribution in [2.45, 2.75) is 17.3 Å². The van der Waals surface area contributed by atoms with Gasteiger partial charge in [0, 0.05) is 43.5 Å². The smallest absolute Gasteiger partial charge is 0.372 e. The fraction of sp³-hybridized carbons (Fsp3) is 0.273. The zero-order valence-electron chi connectivity index (χ0n) is 17.5. The van der Waals surface area contributed by atoms with E-state index < -0.39 is 21.7 Å². The van der Waals surface area contributed by atoms with E-state index in [4.69, 9.17) is 0 Å². The summed E-state index contributed by atoms with van der Waals surface area (Å²) < 4.78 is 65.7. The first-order valence-corrected chi connectivity index (χ1v) is 12.3. The van der Waals surface area contributed by atoms with Crippen molar-refractivity contribution in [1.29, 1.82) is 5.26 Å². The summed E-state index contributed by atoms with van der Waals surface area (Å²) in [7, 11) is -3.90. The minimum Gasteiger partial charge on any atom is -0.372 e. The van der Waals surface area contributed by atoms with Gasteiger partial charge in [0.2, 0.25) is 9.84 Å². The molecule has 0 aliphatic carbocycles. The second kappa shape index (κ2) is 8.68. The van der Waals surface area contributed by atoms with Crippen LogP contribution >= 0.6 is 11.3 Å². The summed E-state index contributed by atoms with van der Waals surface area (Å²) in [4.78, 5) is 6.97. The number of anilines is 1. The van der Waals surface area contributed by atoms with Crippen molar-refractivity contribution in [3.63, 3.8) is 0 Å². The maximum atomic E-state index is 13.4. The van der Waals surface area contributed by atoms with Gasteiger partial charge in [-0.25, -0.2) is 13.4 Å². The van der Waals surface area contributed by atoms with Gasteiger partial charge < -0.3 is 9.80 Å². The van der Waals surface area contributed by atoms with Crippen LogP contribution in [-0.4, -0.2) is 44.5 Å². The van der Waals surface area contributed by atoms with E-state index >= 15 is 0 Å². The number of hydrogen-bond acceptors (Lipinski definition) is 7. The molecule has 0 spiro atoms. The lowest BCUT2D eigenvalue weighted by molar-refractivity contribution is -0.140. The Kier molecular flexibility index (Phi) is 6.07. The average Bonchev–Trinajstić information content (AvgIpc) is 3.32. The minimum atomic E-state index is -4.57. The number of nitriles is 1. The highest BCUT2D eigenvalue weighted by Crippen LogP contribution is 2.35. The fourth-order valence-corrected chi connectivity index (χ4v) is 5.94. The number of rotatable bonds is 4. The second-order valence-electron chi connectivity index (χ2n) is 7.61. The predicted octanol–water partition coefficient (Wildman–Crippen LogP) is 4.58. The van der Waals surface area contributed by atoms with Gasteiger partial charge in [-0.3, -0.25) is 0 Å². The number of pyridine rings is 1. The van der Waals surface area contributed by atoms with E-state index in [0.29, 0.717) is 37.3 Å². The Morgan fingerprint density at radius 1 is 1.18 bits per heavy atom. The van der Waals surface area contributed by atoms with Gasteiger partial charge in [0.25, 0.3) is 0 Å². The van der Waals surface area contributed by atoms with Crippen LogP contribution in [0.2, 0.25) is 0 Å². The number of alkyl halides is 3. The molecule has 0 radical (unpaired) electrons. The van der Waals surface area contributed by atoms with Crippen molar-refractivity contribution in [1.82, 2.24) is 9.88 Å². The maximum Gasteiger partial charge on any atom is 0.433 e. The zero-order valence-corrected chi connectivity index (χ0v) is 19.1. The third-order valence-corrected chi connectivity index (χ3v) is 8.40. The SMILES string of the molecule is Cc1ccc2nc(C(F)(F)F)cc(N3CCN(C=C(C#N)S(=O)(=O)c4cccs4)CC3)c2c1. The molecule has 11 heteroatoms. The van der Waals surface area contributed by atoms with E-state index in [1.54, 1.807) is 34.5 Å².